The van der Waals surface area contributed by atoms with Crippen LogP contribution in [0.1, 0.15) is 135 Å². The fourth-order valence-electron chi connectivity index (χ4n) is 11.3. The van der Waals surface area contributed by atoms with Gasteiger partial charge in [-0.2, -0.15) is 0 Å². The minimum absolute atomic E-state index is 0. The number of benzene rings is 4. The first kappa shape index (κ1) is 56.0. The van der Waals surface area contributed by atoms with E-state index < -0.39 is 5.60 Å². The molecule has 5 N–H and O–H groups in total. The Balaban J connectivity index is 0.000000202. The Morgan fingerprint density at radius 3 is 1.45 bits per heavy atom. The van der Waals surface area contributed by atoms with Crippen LogP contribution in [0, 0.1) is 25.7 Å². The number of anilines is 2. The van der Waals surface area contributed by atoms with Crippen molar-refractivity contribution in [2.45, 2.75) is 124 Å². The smallest absolute Gasteiger partial charge is 0.410 e. The number of aliphatic hydroxyl groups is 2. The number of nitrogens with zero attached hydrogens (tertiary/aromatic N) is 7. The molecule has 4 aliphatic rings. The Kier molecular flexibility index (Phi) is 18.7. The Labute approximate surface area is 449 Å². The summed E-state index contributed by atoms with van der Waals surface area (Å²) < 4.78 is 9.95. The number of aromatic nitrogens is 4. The number of fused-ring (bicyclic) bond motifs is 2. The number of ether oxygens (including phenoxy) is 1. The first-order valence-corrected chi connectivity index (χ1v) is 27.3. The van der Waals surface area contributed by atoms with Crippen LogP contribution < -0.4 is 16.0 Å². The largest absolute Gasteiger partial charge is 0.444 e. The van der Waals surface area contributed by atoms with Crippen LogP contribution in [0.3, 0.4) is 0 Å². The van der Waals surface area contributed by atoms with Gasteiger partial charge in [0.25, 0.3) is 11.8 Å². The highest BCUT2D eigenvalue weighted by Crippen LogP contribution is 2.39. The highest BCUT2D eigenvalue weighted by atomic mass is 16.6. The van der Waals surface area contributed by atoms with Crippen LogP contribution in [0.5, 0.6) is 0 Å². The molecule has 0 bridgehead atoms. The molecule has 4 aromatic carbocycles. The maximum Gasteiger partial charge on any atom is 0.410 e. The summed E-state index contributed by atoms with van der Waals surface area (Å²) in [7, 11) is 0. The lowest BCUT2D eigenvalue weighted by atomic mass is 9.86. The van der Waals surface area contributed by atoms with E-state index in [1.54, 1.807) is 4.90 Å². The van der Waals surface area contributed by atoms with Crippen LogP contribution in [0.25, 0.3) is 22.1 Å². The molecule has 2 aliphatic carbocycles. The second kappa shape index (κ2) is 25.3. The van der Waals surface area contributed by atoms with Crippen molar-refractivity contribution in [3.8, 4) is 0 Å². The number of carbonyl (C=O) groups is 3. The minimum atomic E-state index is -0.496. The lowest BCUT2D eigenvalue weighted by Gasteiger charge is -2.35. The molecule has 16 nitrogen and oxygen atoms in total. The summed E-state index contributed by atoms with van der Waals surface area (Å²) in [6.45, 7) is 18.8. The van der Waals surface area contributed by atoms with E-state index in [1.165, 1.54) is 5.56 Å². The van der Waals surface area contributed by atoms with Gasteiger partial charge in [0.2, 0.25) is 11.9 Å². The third-order valence-electron chi connectivity index (χ3n) is 15.4. The number of aryl methyl sites for hydroxylation is 2. The number of imidazole rings is 2. The van der Waals surface area contributed by atoms with Crippen molar-refractivity contribution in [2.75, 3.05) is 76.2 Å². The molecule has 3 amide bonds. The van der Waals surface area contributed by atoms with Crippen LogP contribution in [-0.2, 0) is 17.8 Å². The second-order valence-corrected chi connectivity index (χ2v) is 22.4. The predicted octanol–water partition coefficient (Wildman–Crippen LogP) is 9.74. The van der Waals surface area contributed by atoms with Gasteiger partial charge in [-0.25, -0.2) is 14.8 Å². The first-order chi connectivity index (χ1) is 36.2. The van der Waals surface area contributed by atoms with Gasteiger partial charge in [0.05, 0.1) is 22.1 Å². The standard InChI is InChI=1S/C32H43N5O4.C27H35N5O2.CH4/c1-22-6-5-7-25(18-22)29(39)34-30-33-27-19-24(10-13-28(27)37(30)26-11-8-23(21-38)9-12-26)20-35-14-16-36(17-15-35)31(40)41-32(2,3)4;1-19-3-2-4-22(15-19)26(34)30-27-29-24-16-21(17-31-13-11-28-12-14-31)7-10-25(24)32(27)23-8-5-20(18-33)6-9-23;/h5-7,10,13,18-19,23,26,38H,8-9,11-12,14-17,20-21H2,1-4H3,(H,33,34,39);2-4,7,10,15-16,20,23,28,33H,5-6,8-9,11-14,17-18H2,1H3,(H,29,30,34);1H4. The molecule has 16 heteroatoms. The highest BCUT2D eigenvalue weighted by Gasteiger charge is 2.30. The zero-order valence-corrected chi connectivity index (χ0v) is 44.7. The lowest BCUT2D eigenvalue weighted by Crippen LogP contribution is -2.49. The number of hydrogen-bond donors (Lipinski definition) is 5. The predicted molar refractivity (Wildman–Crippen MR) is 302 cm³/mol. The number of nitrogens with one attached hydrogen (secondary N) is 3. The monoisotopic (exact) mass is 1040 g/mol. The van der Waals surface area contributed by atoms with Crippen molar-refractivity contribution in [3.63, 3.8) is 0 Å². The second-order valence-electron chi connectivity index (χ2n) is 22.4. The maximum absolute atomic E-state index is 13.2. The number of rotatable bonds is 12. The summed E-state index contributed by atoms with van der Waals surface area (Å²) in [5.41, 5.74) is 9.10. The molecule has 10 rings (SSSR count). The van der Waals surface area contributed by atoms with Gasteiger partial charge in [-0.1, -0.05) is 55.0 Å². The van der Waals surface area contributed by atoms with E-state index in [0.717, 1.165) is 142 Å². The molecule has 2 aromatic heterocycles. The van der Waals surface area contributed by atoms with Gasteiger partial charge in [0.1, 0.15) is 5.60 Å². The van der Waals surface area contributed by atoms with Gasteiger partial charge in [0, 0.05) is 102 Å². The van der Waals surface area contributed by atoms with Crippen molar-refractivity contribution >= 4 is 51.9 Å². The SMILES string of the molecule is C.Cc1cccc(C(=O)Nc2nc3cc(CN4CCN(C(=O)OC(C)(C)C)CC4)ccc3n2C2CCC(CO)CC2)c1.Cc1cccc(C(=O)Nc2nc3cc(CN4CCNCC4)ccc3n2C2CCC(CO)CC2)c1. The minimum Gasteiger partial charge on any atom is -0.444 e. The number of aliphatic hydroxyl groups excluding tert-OH is 2. The number of carbonyl (C=O) groups excluding carboxylic acids is 3. The topological polar surface area (TPSA) is 182 Å². The molecular formula is C60H82N10O6. The summed E-state index contributed by atoms with van der Waals surface area (Å²) >= 11 is 0. The summed E-state index contributed by atoms with van der Waals surface area (Å²) in [6.07, 6.45) is 7.48. The van der Waals surface area contributed by atoms with Crippen molar-refractivity contribution < 1.29 is 29.3 Å². The van der Waals surface area contributed by atoms with Crippen LogP contribution in [-0.4, -0.2) is 133 Å². The van der Waals surface area contributed by atoms with Gasteiger partial charge < -0.3 is 34.3 Å². The summed E-state index contributed by atoms with van der Waals surface area (Å²) in [5, 5.41) is 28.9. The lowest BCUT2D eigenvalue weighted by molar-refractivity contribution is 0.0139. The van der Waals surface area contributed by atoms with Crippen molar-refractivity contribution in [1.82, 2.24) is 39.1 Å². The van der Waals surface area contributed by atoms with Gasteiger partial charge >= 0.3 is 6.09 Å². The Morgan fingerprint density at radius 1 is 0.605 bits per heavy atom. The molecule has 2 saturated heterocycles. The fourth-order valence-corrected chi connectivity index (χ4v) is 11.3. The van der Waals surface area contributed by atoms with Crippen molar-refractivity contribution in [3.05, 3.63) is 118 Å². The molecule has 0 atom stereocenters. The van der Waals surface area contributed by atoms with Gasteiger partial charge in [-0.3, -0.25) is 30.0 Å². The first-order valence-electron chi connectivity index (χ1n) is 27.3. The van der Waals surface area contributed by atoms with E-state index in [1.807, 2.05) is 83.1 Å². The van der Waals surface area contributed by atoms with Gasteiger partial charge in [-0.15, -0.1) is 0 Å². The zero-order chi connectivity index (χ0) is 52.6. The molecule has 6 aromatic rings. The maximum atomic E-state index is 13.2. The van der Waals surface area contributed by atoms with Crippen molar-refractivity contribution in [2.24, 2.45) is 11.8 Å². The third-order valence-corrected chi connectivity index (χ3v) is 15.4. The molecule has 2 aliphatic heterocycles. The van der Waals surface area contributed by atoms with E-state index in [4.69, 9.17) is 14.7 Å². The van der Waals surface area contributed by atoms with Gasteiger partial charge in [-0.05, 0) is 157 Å². The van der Waals surface area contributed by atoms with E-state index in [9.17, 15) is 24.6 Å². The molecule has 408 valence electrons. The molecular weight excluding hydrogens is 957 g/mol. The Morgan fingerprint density at radius 2 is 1.04 bits per heavy atom. The molecule has 0 spiro atoms. The third kappa shape index (κ3) is 14.1. The molecule has 0 radical (unpaired) electrons. The highest BCUT2D eigenvalue weighted by molar-refractivity contribution is 6.05. The van der Waals surface area contributed by atoms with E-state index >= 15 is 0 Å². The quantitative estimate of drug-likeness (QED) is 0.0787. The van der Waals surface area contributed by atoms with Crippen LogP contribution in [0.4, 0.5) is 16.7 Å². The molecule has 2 saturated carbocycles. The van der Waals surface area contributed by atoms with Crippen LogP contribution in [0.15, 0.2) is 84.9 Å². The molecule has 4 fully saturated rings. The summed E-state index contributed by atoms with van der Waals surface area (Å²) in [5.74, 6) is 1.61. The van der Waals surface area contributed by atoms with E-state index in [0.29, 0.717) is 47.9 Å². The average molecular weight is 1040 g/mol. The number of hydrogen-bond acceptors (Lipinski definition) is 11. The number of piperazine rings is 2. The zero-order valence-electron chi connectivity index (χ0n) is 44.7. The van der Waals surface area contributed by atoms with Crippen LogP contribution in [0.2, 0.25) is 0 Å². The molecule has 76 heavy (non-hydrogen) atoms. The van der Waals surface area contributed by atoms with E-state index in [2.05, 4.69) is 71.3 Å². The number of amides is 3. The summed E-state index contributed by atoms with van der Waals surface area (Å²) in [4.78, 5) is 55.2. The van der Waals surface area contributed by atoms with E-state index in [-0.39, 0.29) is 50.6 Å². The Hall–Kier alpha value is -6.17. The average Bonchev–Trinajstić information content (AvgIpc) is 3.97. The van der Waals surface area contributed by atoms with Crippen LogP contribution >= 0.6 is 0 Å². The summed E-state index contributed by atoms with van der Waals surface area (Å²) in [6, 6.07) is 28.6. The molecule has 4 heterocycles. The fraction of sp³-hybridized carbons (Fsp3) is 0.517. The van der Waals surface area contributed by atoms with Gasteiger partial charge in [0.15, 0.2) is 0 Å². The normalized spacial score (nSPS) is 20.6. The Bertz CT molecular complexity index is 2910. The molecule has 0 unspecified atom stereocenters. The van der Waals surface area contributed by atoms with Crippen molar-refractivity contribution in [1.29, 1.82) is 0 Å².